The van der Waals surface area contributed by atoms with Crippen LogP contribution in [0.1, 0.15) is 36.3 Å². The van der Waals surface area contributed by atoms with Crippen molar-refractivity contribution < 1.29 is 0 Å². The Morgan fingerprint density at radius 3 is 2.87 bits per heavy atom. The Bertz CT molecular complexity index is 406. The van der Waals surface area contributed by atoms with Crippen molar-refractivity contribution in [3.05, 3.63) is 47.0 Å². The van der Waals surface area contributed by atoms with E-state index in [-0.39, 0.29) is 6.04 Å². The molecule has 1 heteroatoms. The van der Waals surface area contributed by atoms with E-state index in [1.807, 2.05) is 0 Å². The molecule has 1 aromatic rings. The van der Waals surface area contributed by atoms with Crippen molar-refractivity contribution in [2.45, 2.75) is 37.6 Å². The lowest BCUT2D eigenvalue weighted by Crippen LogP contribution is -2.36. The zero-order chi connectivity index (χ0) is 10.3. The average molecular weight is 199 g/mol. The summed E-state index contributed by atoms with van der Waals surface area (Å²) in [6, 6.07) is 8.98. The van der Waals surface area contributed by atoms with Gasteiger partial charge in [-0.3, -0.25) is 0 Å². The maximum absolute atomic E-state index is 6.33. The van der Waals surface area contributed by atoms with E-state index in [1.54, 1.807) is 0 Å². The maximum Gasteiger partial charge on any atom is 0.0326 e. The third kappa shape index (κ3) is 1.42. The summed E-state index contributed by atoms with van der Waals surface area (Å²) in [5.41, 5.74) is 10.8. The molecule has 0 spiro atoms. The highest BCUT2D eigenvalue weighted by Gasteiger charge is 2.32. The molecule has 0 amide bonds. The Balaban J connectivity index is 1.81. The highest BCUT2D eigenvalue weighted by Crippen LogP contribution is 2.40. The van der Waals surface area contributed by atoms with Crippen LogP contribution >= 0.6 is 0 Å². The van der Waals surface area contributed by atoms with Crippen molar-refractivity contribution in [1.29, 1.82) is 0 Å². The predicted molar refractivity (Wildman–Crippen MR) is 62.8 cm³/mol. The summed E-state index contributed by atoms with van der Waals surface area (Å²) in [6.45, 7) is 0. The number of nitrogens with two attached hydrogens (primary N) is 1. The van der Waals surface area contributed by atoms with Crippen molar-refractivity contribution >= 4 is 0 Å². The lowest BCUT2D eigenvalue weighted by molar-refractivity contribution is 0.521. The first-order valence-corrected chi connectivity index (χ1v) is 5.88. The first-order chi connectivity index (χ1) is 7.36. The van der Waals surface area contributed by atoms with Crippen molar-refractivity contribution in [2.75, 3.05) is 0 Å². The smallest absolute Gasteiger partial charge is 0.0326 e. The summed E-state index contributed by atoms with van der Waals surface area (Å²) in [5, 5.41) is 0. The monoisotopic (exact) mass is 199 g/mol. The van der Waals surface area contributed by atoms with Crippen molar-refractivity contribution in [3.63, 3.8) is 0 Å². The fourth-order valence-electron chi connectivity index (χ4n) is 2.87. The standard InChI is InChI=1S/C14H17N/c15-14(10-5-1-2-6-10)13-9-11-7-3-4-8-12(11)13/h3-5,7-8,13-14H,1-2,6,9,15H2. The van der Waals surface area contributed by atoms with E-state index in [0.717, 1.165) is 0 Å². The Hall–Kier alpha value is -1.08. The number of benzene rings is 1. The quantitative estimate of drug-likeness (QED) is 0.728. The largest absolute Gasteiger partial charge is 0.324 e. The van der Waals surface area contributed by atoms with E-state index in [2.05, 4.69) is 30.3 Å². The molecule has 0 heterocycles. The van der Waals surface area contributed by atoms with Gasteiger partial charge in [-0.05, 0) is 36.8 Å². The van der Waals surface area contributed by atoms with E-state index in [9.17, 15) is 0 Å². The minimum Gasteiger partial charge on any atom is -0.324 e. The highest BCUT2D eigenvalue weighted by molar-refractivity contribution is 5.43. The number of allylic oxidation sites excluding steroid dienone is 1. The second kappa shape index (κ2) is 3.49. The lowest BCUT2D eigenvalue weighted by Gasteiger charge is -2.35. The van der Waals surface area contributed by atoms with Gasteiger partial charge in [-0.15, -0.1) is 0 Å². The van der Waals surface area contributed by atoms with Gasteiger partial charge in [0.2, 0.25) is 0 Å². The summed E-state index contributed by atoms with van der Waals surface area (Å²) in [7, 11) is 0. The average Bonchev–Trinajstić information content (AvgIpc) is 2.72. The number of fused-ring (bicyclic) bond motifs is 1. The number of hydrogen-bond donors (Lipinski definition) is 1. The molecule has 1 nitrogen and oxygen atoms in total. The Morgan fingerprint density at radius 1 is 1.27 bits per heavy atom. The fourth-order valence-corrected chi connectivity index (χ4v) is 2.87. The van der Waals surface area contributed by atoms with Crippen LogP contribution in [0.4, 0.5) is 0 Å². The second-order valence-corrected chi connectivity index (χ2v) is 4.71. The molecule has 0 radical (unpaired) electrons. The zero-order valence-electron chi connectivity index (χ0n) is 8.95. The summed E-state index contributed by atoms with van der Waals surface area (Å²) in [6.07, 6.45) is 7.29. The van der Waals surface area contributed by atoms with E-state index in [1.165, 1.54) is 42.4 Å². The molecule has 0 bridgehead atoms. The van der Waals surface area contributed by atoms with Gasteiger partial charge < -0.3 is 5.73 Å². The van der Waals surface area contributed by atoms with Crippen LogP contribution in [0.3, 0.4) is 0 Å². The van der Waals surface area contributed by atoms with Crippen LogP contribution in [-0.4, -0.2) is 6.04 Å². The summed E-state index contributed by atoms with van der Waals surface area (Å²) >= 11 is 0. The van der Waals surface area contributed by atoms with Crippen LogP contribution in [0.5, 0.6) is 0 Å². The van der Waals surface area contributed by atoms with Crippen LogP contribution in [0, 0.1) is 0 Å². The van der Waals surface area contributed by atoms with E-state index in [0.29, 0.717) is 5.92 Å². The molecule has 2 aliphatic carbocycles. The van der Waals surface area contributed by atoms with E-state index >= 15 is 0 Å². The second-order valence-electron chi connectivity index (χ2n) is 4.71. The van der Waals surface area contributed by atoms with Gasteiger partial charge in [-0.25, -0.2) is 0 Å². The third-order valence-corrected chi connectivity index (χ3v) is 3.83. The van der Waals surface area contributed by atoms with Crippen LogP contribution in [0.15, 0.2) is 35.9 Å². The van der Waals surface area contributed by atoms with Gasteiger partial charge in [0.25, 0.3) is 0 Å². The molecule has 2 atom stereocenters. The SMILES string of the molecule is NC(C1=CCCC1)C1Cc2ccccc21. The van der Waals surface area contributed by atoms with Gasteiger partial charge in [0.1, 0.15) is 0 Å². The first kappa shape index (κ1) is 9.17. The molecule has 0 saturated heterocycles. The molecule has 2 N–H and O–H groups in total. The van der Waals surface area contributed by atoms with Gasteiger partial charge in [-0.2, -0.15) is 0 Å². The van der Waals surface area contributed by atoms with Gasteiger partial charge in [0, 0.05) is 12.0 Å². The molecule has 0 aromatic heterocycles. The van der Waals surface area contributed by atoms with Crippen LogP contribution in [-0.2, 0) is 6.42 Å². The lowest BCUT2D eigenvalue weighted by atomic mass is 9.72. The molecule has 3 rings (SSSR count). The van der Waals surface area contributed by atoms with Gasteiger partial charge in [0.15, 0.2) is 0 Å². The van der Waals surface area contributed by atoms with Crippen LogP contribution in [0.2, 0.25) is 0 Å². The van der Waals surface area contributed by atoms with Crippen molar-refractivity contribution in [1.82, 2.24) is 0 Å². The molecule has 0 fully saturated rings. The fraction of sp³-hybridized carbons (Fsp3) is 0.429. The topological polar surface area (TPSA) is 26.0 Å². The Labute approximate surface area is 91.0 Å². The van der Waals surface area contributed by atoms with Crippen molar-refractivity contribution in [2.24, 2.45) is 5.73 Å². The van der Waals surface area contributed by atoms with Gasteiger partial charge in [-0.1, -0.05) is 35.9 Å². The molecule has 78 valence electrons. The molecule has 15 heavy (non-hydrogen) atoms. The van der Waals surface area contributed by atoms with Gasteiger partial charge in [0.05, 0.1) is 0 Å². The van der Waals surface area contributed by atoms with E-state index in [4.69, 9.17) is 5.73 Å². The molecule has 2 aliphatic rings. The highest BCUT2D eigenvalue weighted by atomic mass is 14.7. The Kier molecular flexibility index (Phi) is 2.14. The maximum atomic E-state index is 6.33. The molecular formula is C14H17N. The normalized spacial score (nSPS) is 25.4. The first-order valence-electron chi connectivity index (χ1n) is 5.88. The Morgan fingerprint density at radius 2 is 2.13 bits per heavy atom. The molecular weight excluding hydrogens is 182 g/mol. The van der Waals surface area contributed by atoms with Crippen LogP contribution in [0.25, 0.3) is 0 Å². The molecule has 2 unspecified atom stereocenters. The molecule has 0 saturated carbocycles. The number of hydrogen-bond acceptors (Lipinski definition) is 1. The summed E-state index contributed by atoms with van der Waals surface area (Å²) in [5.74, 6) is 0.588. The molecule has 1 aromatic carbocycles. The molecule has 0 aliphatic heterocycles. The number of rotatable bonds is 2. The predicted octanol–water partition coefficient (Wildman–Crippen LogP) is 2.76. The summed E-state index contributed by atoms with van der Waals surface area (Å²) in [4.78, 5) is 0. The van der Waals surface area contributed by atoms with Crippen LogP contribution < -0.4 is 5.73 Å². The van der Waals surface area contributed by atoms with E-state index < -0.39 is 0 Å². The zero-order valence-corrected chi connectivity index (χ0v) is 8.95. The summed E-state index contributed by atoms with van der Waals surface area (Å²) < 4.78 is 0. The minimum atomic E-state index is 0.280. The van der Waals surface area contributed by atoms with Crippen molar-refractivity contribution in [3.8, 4) is 0 Å². The third-order valence-electron chi connectivity index (χ3n) is 3.83. The van der Waals surface area contributed by atoms with Gasteiger partial charge >= 0.3 is 0 Å². The minimum absolute atomic E-state index is 0.280.